The Hall–Kier alpha value is -3.64. The summed E-state index contributed by atoms with van der Waals surface area (Å²) >= 11 is 0. The van der Waals surface area contributed by atoms with Gasteiger partial charge in [-0.2, -0.15) is 0 Å². The number of carboxylic acids is 4. The van der Waals surface area contributed by atoms with Crippen LogP contribution in [0, 0.1) is 0 Å². The maximum Gasteiger partial charge on any atom is 0.374 e. The van der Waals surface area contributed by atoms with Gasteiger partial charge in [-0.15, -0.1) is 0 Å². The van der Waals surface area contributed by atoms with E-state index in [1.165, 1.54) is 38.4 Å². The number of carbonyl (C=O) groups is 6. The van der Waals surface area contributed by atoms with Gasteiger partial charge in [-0.25, -0.2) is 19.2 Å². The number of aliphatic carboxylic acids is 4. The Bertz CT molecular complexity index is 937. The van der Waals surface area contributed by atoms with Crippen molar-refractivity contribution in [2.24, 2.45) is 0 Å². The van der Waals surface area contributed by atoms with Crippen LogP contribution >= 0.6 is 0 Å². The zero-order chi connectivity index (χ0) is 22.8. The molecular formula is C18H16N2O10. The van der Waals surface area contributed by atoms with Crippen molar-refractivity contribution in [1.29, 1.82) is 0 Å². The van der Waals surface area contributed by atoms with Crippen LogP contribution in [-0.2, 0) is 28.8 Å². The smallest absolute Gasteiger partial charge is 0.374 e. The van der Waals surface area contributed by atoms with Crippen molar-refractivity contribution in [3.63, 3.8) is 0 Å². The molecule has 0 aromatic heterocycles. The molecule has 6 atom stereocenters. The van der Waals surface area contributed by atoms with Crippen LogP contribution in [-0.4, -0.2) is 90.8 Å². The molecule has 2 aliphatic heterocycles. The SMILES string of the molecule is CN1C(c2ccc(C3N(C)C3(C(=O)O)C(=O)C(=O)O)cc2)C1(C(=O)O)C(=O)C(=O)O. The van der Waals surface area contributed by atoms with Crippen LogP contribution in [0.25, 0.3) is 0 Å². The minimum absolute atomic E-state index is 0.284. The number of hydrogen-bond acceptors (Lipinski definition) is 8. The second kappa shape index (κ2) is 6.43. The second-order valence-electron chi connectivity index (χ2n) is 7.11. The Kier molecular flexibility index (Phi) is 4.52. The number of likely N-dealkylation sites (N-methyl/N-ethyl adjacent to an activating group) is 2. The number of rotatable bonds is 8. The molecule has 2 aliphatic rings. The van der Waals surface area contributed by atoms with Gasteiger partial charge in [-0.3, -0.25) is 19.4 Å². The maximum atomic E-state index is 12.0. The highest BCUT2D eigenvalue weighted by Gasteiger charge is 2.75. The molecule has 2 heterocycles. The third kappa shape index (κ3) is 2.40. The summed E-state index contributed by atoms with van der Waals surface area (Å²) < 4.78 is 0. The van der Waals surface area contributed by atoms with Gasteiger partial charge < -0.3 is 20.4 Å². The van der Waals surface area contributed by atoms with Gasteiger partial charge in [0.15, 0.2) is 0 Å². The minimum atomic E-state index is -2.26. The Morgan fingerprint density at radius 2 is 0.933 bits per heavy atom. The first-order chi connectivity index (χ1) is 13.9. The van der Waals surface area contributed by atoms with E-state index in [0.717, 1.165) is 9.80 Å². The molecule has 0 saturated carbocycles. The zero-order valence-electron chi connectivity index (χ0n) is 15.6. The number of carbonyl (C=O) groups excluding carboxylic acids is 2. The summed E-state index contributed by atoms with van der Waals surface area (Å²) in [5.74, 6) is -10.0. The monoisotopic (exact) mass is 420 g/mol. The van der Waals surface area contributed by atoms with Crippen molar-refractivity contribution >= 4 is 35.4 Å². The molecule has 12 heteroatoms. The summed E-state index contributed by atoms with van der Waals surface area (Å²) in [6.45, 7) is 0. The van der Waals surface area contributed by atoms with Crippen LogP contribution in [0.15, 0.2) is 24.3 Å². The molecule has 6 unspecified atom stereocenters. The highest BCUT2D eigenvalue weighted by Crippen LogP contribution is 2.55. The molecule has 0 aliphatic carbocycles. The number of nitrogens with zero attached hydrogens (tertiary/aromatic N) is 2. The van der Waals surface area contributed by atoms with Gasteiger partial charge in [0.25, 0.3) is 11.6 Å². The third-order valence-electron chi connectivity index (χ3n) is 5.84. The molecule has 158 valence electrons. The van der Waals surface area contributed by atoms with E-state index in [1.54, 1.807) is 0 Å². The van der Waals surface area contributed by atoms with Crippen LogP contribution in [0.4, 0.5) is 0 Å². The van der Waals surface area contributed by atoms with E-state index in [1.807, 2.05) is 0 Å². The van der Waals surface area contributed by atoms with Crippen LogP contribution in [0.5, 0.6) is 0 Å². The summed E-state index contributed by atoms with van der Waals surface area (Å²) in [7, 11) is 2.56. The Morgan fingerprint density at radius 1 is 0.667 bits per heavy atom. The Labute approximate surface area is 167 Å². The summed E-state index contributed by atoms with van der Waals surface area (Å²) in [4.78, 5) is 71.6. The first kappa shape index (κ1) is 21.1. The quantitative estimate of drug-likeness (QED) is 0.219. The number of carboxylic acid groups (broad SMARTS) is 4. The lowest BCUT2D eigenvalue weighted by Gasteiger charge is -2.08. The molecule has 0 amide bonds. The number of ketones is 2. The van der Waals surface area contributed by atoms with E-state index >= 15 is 0 Å². The van der Waals surface area contributed by atoms with Gasteiger partial charge in [0.1, 0.15) is 0 Å². The largest absolute Gasteiger partial charge is 0.479 e. The van der Waals surface area contributed by atoms with Crippen molar-refractivity contribution in [2.45, 2.75) is 23.2 Å². The second-order valence-corrected chi connectivity index (χ2v) is 7.11. The number of Topliss-reactive ketones (excluding diaryl/α,β-unsaturated/α-hetero) is 2. The van der Waals surface area contributed by atoms with Crippen LogP contribution < -0.4 is 0 Å². The zero-order valence-corrected chi connectivity index (χ0v) is 15.6. The molecule has 0 spiro atoms. The lowest BCUT2D eigenvalue weighted by Crippen LogP contribution is -2.42. The first-order valence-electron chi connectivity index (χ1n) is 8.45. The first-order valence-corrected chi connectivity index (χ1v) is 8.45. The lowest BCUT2D eigenvalue weighted by atomic mass is 9.92. The van der Waals surface area contributed by atoms with Crippen molar-refractivity contribution in [3.8, 4) is 0 Å². The van der Waals surface area contributed by atoms with Crippen LogP contribution in [0.2, 0.25) is 0 Å². The van der Waals surface area contributed by atoms with Gasteiger partial charge in [0.2, 0.25) is 11.1 Å². The molecule has 2 fully saturated rings. The van der Waals surface area contributed by atoms with Crippen molar-refractivity contribution < 1.29 is 49.2 Å². The van der Waals surface area contributed by atoms with Gasteiger partial charge in [-0.1, -0.05) is 24.3 Å². The molecule has 30 heavy (non-hydrogen) atoms. The maximum absolute atomic E-state index is 12.0. The molecule has 0 radical (unpaired) electrons. The normalized spacial score (nSPS) is 33.9. The van der Waals surface area contributed by atoms with E-state index in [9.17, 15) is 39.0 Å². The topological polar surface area (TPSA) is 189 Å². The average Bonchev–Trinajstić information content (AvgIpc) is 3.51. The fourth-order valence-corrected chi connectivity index (χ4v) is 4.25. The number of benzene rings is 1. The van der Waals surface area contributed by atoms with E-state index in [-0.39, 0.29) is 11.1 Å². The standard InChI is InChI=1S/C18H16N2O10/c1-19-9(17(19,15(27)28)11(21)13(23)24)7-3-5-8(6-4-7)10-18(16(29)30,20(10)2)12(22)14(25)26/h3-6,9-10H,1-2H3,(H,23,24)(H,25,26)(H,27,28)(H,29,30). The summed E-state index contributed by atoms with van der Waals surface area (Å²) in [6, 6.07) is 3.38. The molecule has 2 saturated heterocycles. The minimum Gasteiger partial charge on any atom is -0.479 e. The van der Waals surface area contributed by atoms with Crippen molar-refractivity contribution in [3.05, 3.63) is 35.4 Å². The van der Waals surface area contributed by atoms with Crippen molar-refractivity contribution in [1.82, 2.24) is 9.80 Å². The molecule has 3 rings (SSSR count). The van der Waals surface area contributed by atoms with Gasteiger partial charge >= 0.3 is 23.9 Å². The molecule has 4 N–H and O–H groups in total. The lowest BCUT2D eigenvalue weighted by molar-refractivity contribution is -0.156. The highest BCUT2D eigenvalue weighted by molar-refractivity contribution is 6.43. The van der Waals surface area contributed by atoms with E-state index in [2.05, 4.69) is 0 Å². The molecule has 12 nitrogen and oxygen atoms in total. The summed E-state index contributed by atoms with van der Waals surface area (Å²) in [6.07, 6.45) is 0. The summed E-state index contributed by atoms with van der Waals surface area (Å²) in [5, 5.41) is 36.9. The predicted molar refractivity (Wildman–Crippen MR) is 93.5 cm³/mol. The van der Waals surface area contributed by atoms with E-state index in [0.29, 0.717) is 0 Å². The van der Waals surface area contributed by atoms with E-state index in [4.69, 9.17) is 10.2 Å². The third-order valence-corrected chi connectivity index (χ3v) is 5.84. The predicted octanol–water partition coefficient (Wildman–Crippen LogP) is -1.39. The van der Waals surface area contributed by atoms with E-state index < -0.39 is 58.6 Å². The van der Waals surface area contributed by atoms with Crippen molar-refractivity contribution in [2.75, 3.05) is 14.1 Å². The van der Waals surface area contributed by atoms with Crippen LogP contribution in [0.3, 0.4) is 0 Å². The van der Waals surface area contributed by atoms with Gasteiger partial charge in [0, 0.05) is 0 Å². The average molecular weight is 420 g/mol. The fraction of sp³-hybridized carbons (Fsp3) is 0.333. The van der Waals surface area contributed by atoms with Crippen LogP contribution in [0.1, 0.15) is 23.2 Å². The molecular weight excluding hydrogens is 404 g/mol. The number of hydrogen-bond donors (Lipinski definition) is 4. The Balaban J connectivity index is 1.93. The summed E-state index contributed by atoms with van der Waals surface area (Å²) in [5.41, 5.74) is -3.94. The van der Waals surface area contributed by atoms with Gasteiger partial charge in [-0.05, 0) is 25.2 Å². The molecule has 1 aromatic carbocycles. The molecule has 0 bridgehead atoms. The fourth-order valence-electron chi connectivity index (χ4n) is 4.25. The van der Waals surface area contributed by atoms with Gasteiger partial charge in [0.05, 0.1) is 12.1 Å². The molecule has 1 aromatic rings. The Morgan fingerprint density at radius 3 is 1.13 bits per heavy atom. The highest BCUT2D eigenvalue weighted by atomic mass is 16.4.